The first-order valence-corrected chi connectivity index (χ1v) is 6.44. The minimum Gasteiger partial charge on any atom is -0.340 e. The van der Waals surface area contributed by atoms with Crippen LogP contribution in [-0.4, -0.2) is 62.0 Å². The van der Waals surface area contributed by atoms with Gasteiger partial charge in [-0.25, -0.2) is 0 Å². The maximum atomic E-state index is 11.8. The maximum Gasteiger partial charge on any atom is 0.223 e. The van der Waals surface area contributed by atoms with Crippen LogP contribution in [0, 0.1) is 5.92 Å². The lowest BCUT2D eigenvalue weighted by molar-refractivity contribution is -0.132. The van der Waals surface area contributed by atoms with Gasteiger partial charge < -0.3 is 10.2 Å². The van der Waals surface area contributed by atoms with Crippen molar-refractivity contribution in [2.24, 2.45) is 5.92 Å². The molecule has 0 aromatic rings. The van der Waals surface area contributed by atoms with E-state index in [0.29, 0.717) is 12.3 Å². The van der Waals surface area contributed by atoms with Gasteiger partial charge in [0.15, 0.2) is 0 Å². The van der Waals surface area contributed by atoms with Crippen LogP contribution in [0.15, 0.2) is 0 Å². The Morgan fingerprint density at radius 1 is 1.17 bits per heavy atom. The van der Waals surface area contributed by atoms with Crippen LogP contribution in [0.5, 0.6) is 0 Å². The van der Waals surface area contributed by atoms with Crippen molar-refractivity contribution in [2.75, 3.05) is 46.3 Å². The van der Waals surface area contributed by atoms with Gasteiger partial charge in [0.05, 0.1) is 0 Å². The Kier molecular flexibility index (Phi) is 8.95. The number of piperazine rings is 1. The van der Waals surface area contributed by atoms with Crippen LogP contribution in [0.4, 0.5) is 0 Å². The van der Waals surface area contributed by atoms with Crippen molar-refractivity contribution in [3.8, 4) is 0 Å². The van der Waals surface area contributed by atoms with Crippen LogP contribution in [0.1, 0.15) is 19.3 Å². The molecule has 1 saturated carbocycles. The molecule has 2 rings (SSSR count). The van der Waals surface area contributed by atoms with Crippen LogP contribution in [0.25, 0.3) is 0 Å². The van der Waals surface area contributed by atoms with Crippen molar-refractivity contribution in [3.63, 3.8) is 0 Å². The molecule has 6 heteroatoms. The van der Waals surface area contributed by atoms with E-state index < -0.39 is 0 Å². The maximum absolute atomic E-state index is 11.8. The summed E-state index contributed by atoms with van der Waals surface area (Å²) in [5.41, 5.74) is 0. The van der Waals surface area contributed by atoms with Gasteiger partial charge in [-0.15, -0.1) is 24.8 Å². The van der Waals surface area contributed by atoms with Crippen LogP contribution in [0.3, 0.4) is 0 Å². The number of hydrogen-bond acceptors (Lipinski definition) is 3. The highest BCUT2D eigenvalue weighted by Crippen LogP contribution is 2.29. The predicted octanol–water partition coefficient (Wildman–Crippen LogP) is 0.994. The normalized spacial score (nSPS) is 19.9. The van der Waals surface area contributed by atoms with Crippen molar-refractivity contribution >= 4 is 30.7 Å². The van der Waals surface area contributed by atoms with Gasteiger partial charge in [0.25, 0.3) is 0 Å². The average molecular weight is 298 g/mol. The van der Waals surface area contributed by atoms with Crippen LogP contribution >= 0.6 is 24.8 Å². The van der Waals surface area contributed by atoms with Gasteiger partial charge in [-0.2, -0.15) is 0 Å². The number of amides is 1. The highest BCUT2D eigenvalue weighted by atomic mass is 35.5. The summed E-state index contributed by atoms with van der Waals surface area (Å²) in [6.07, 6.45) is 3.47. The second-order valence-corrected chi connectivity index (χ2v) is 4.98. The smallest absolute Gasteiger partial charge is 0.223 e. The van der Waals surface area contributed by atoms with Gasteiger partial charge in [-0.1, -0.05) is 0 Å². The molecule has 1 amide bonds. The molecule has 1 N–H and O–H groups in total. The Balaban J connectivity index is 0.00000144. The number of rotatable bonds is 5. The van der Waals surface area contributed by atoms with Crippen molar-refractivity contribution in [2.45, 2.75) is 19.3 Å². The monoisotopic (exact) mass is 297 g/mol. The molecule has 0 aromatic heterocycles. The van der Waals surface area contributed by atoms with E-state index in [0.717, 1.165) is 38.6 Å². The summed E-state index contributed by atoms with van der Waals surface area (Å²) in [5.74, 6) is 1.27. The van der Waals surface area contributed by atoms with Gasteiger partial charge in [0.1, 0.15) is 0 Å². The predicted molar refractivity (Wildman–Crippen MR) is 78.8 cm³/mol. The summed E-state index contributed by atoms with van der Waals surface area (Å²) in [5, 5.41) is 3.02. The molecule has 1 heterocycles. The summed E-state index contributed by atoms with van der Waals surface area (Å²) < 4.78 is 0. The van der Waals surface area contributed by atoms with Crippen molar-refractivity contribution < 1.29 is 4.79 Å². The van der Waals surface area contributed by atoms with E-state index in [9.17, 15) is 4.79 Å². The van der Waals surface area contributed by atoms with E-state index in [1.165, 1.54) is 19.4 Å². The largest absolute Gasteiger partial charge is 0.340 e. The first kappa shape index (κ1) is 18.0. The molecule has 18 heavy (non-hydrogen) atoms. The second kappa shape index (κ2) is 8.97. The first-order chi connectivity index (χ1) is 7.79. The second-order valence-electron chi connectivity index (χ2n) is 4.98. The van der Waals surface area contributed by atoms with Crippen LogP contribution in [-0.2, 0) is 4.79 Å². The molecule has 108 valence electrons. The molecule has 2 fully saturated rings. The van der Waals surface area contributed by atoms with E-state index in [2.05, 4.69) is 10.2 Å². The van der Waals surface area contributed by atoms with E-state index in [1.807, 2.05) is 11.9 Å². The third-order valence-electron chi connectivity index (χ3n) is 3.53. The molecular formula is C12H25Cl2N3O. The minimum atomic E-state index is 0. The van der Waals surface area contributed by atoms with E-state index in [-0.39, 0.29) is 24.8 Å². The molecule has 1 aliphatic heterocycles. The molecule has 0 bridgehead atoms. The summed E-state index contributed by atoms with van der Waals surface area (Å²) in [6, 6.07) is 0. The summed E-state index contributed by atoms with van der Waals surface area (Å²) in [4.78, 5) is 16.3. The highest BCUT2D eigenvalue weighted by Gasteiger charge is 2.27. The van der Waals surface area contributed by atoms with Crippen LogP contribution in [0.2, 0.25) is 0 Å². The summed E-state index contributed by atoms with van der Waals surface area (Å²) in [6.45, 7) is 6.05. The van der Waals surface area contributed by atoms with E-state index >= 15 is 0 Å². The molecule has 0 aromatic carbocycles. The fourth-order valence-electron chi connectivity index (χ4n) is 2.24. The number of carbonyl (C=O) groups is 1. The number of halogens is 2. The number of carbonyl (C=O) groups excluding carboxylic acids is 1. The molecule has 1 aliphatic carbocycles. The van der Waals surface area contributed by atoms with Gasteiger partial charge in [-0.05, 0) is 25.8 Å². The SMILES string of the molecule is CNCCC(=O)N1CCN(CC2CC2)CC1.Cl.Cl. The summed E-state index contributed by atoms with van der Waals surface area (Å²) in [7, 11) is 1.89. The van der Waals surface area contributed by atoms with Crippen molar-refractivity contribution in [1.29, 1.82) is 0 Å². The Hall–Kier alpha value is -0.0300. The highest BCUT2D eigenvalue weighted by molar-refractivity contribution is 5.85. The topological polar surface area (TPSA) is 35.6 Å². The number of nitrogens with one attached hydrogen (secondary N) is 1. The summed E-state index contributed by atoms with van der Waals surface area (Å²) >= 11 is 0. The van der Waals surface area contributed by atoms with Crippen LogP contribution < -0.4 is 5.32 Å². The number of hydrogen-bond donors (Lipinski definition) is 1. The van der Waals surface area contributed by atoms with Crippen molar-refractivity contribution in [1.82, 2.24) is 15.1 Å². The van der Waals surface area contributed by atoms with Gasteiger partial charge in [0, 0.05) is 45.7 Å². The molecular weight excluding hydrogens is 273 g/mol. The molecule has 4 nitrogen and oxygen atoms in total. The molecule has 0 unspecified atom stereocenters. The third kappa shape index (κ3) is 5.74. The van der Waals surface area contributed by atoms with Crippen molar-refractivity contribution in [3.05, 3.63) is 0 Å². The zero-order valence-corrected chi connectivity index (χ0v) is 12.7. The fourth-order valence-corrected chi connectivity index (χ4v) is 2.24. The Labute approximate surface area is 122 Å². The molecule has 0 atom stereocenters. The third-order valence-corrected chi connectivity index (χ3v) is 3.53. The fraction of sp³-hybridized carbons (Fsp3) is 0.917. The number of nitrogens with zero attached hydrogens (tertiary/aromatic N) is 2. The Morgan fingerprint density at radius 2 is 1.78 bits per heavy atom. The Morgan fingerprint density at radius 3 is 2.28 bits per heavy atom. The average Bonchev–Trinajstić information content (AvgIpc) is 3.11. The lowest BCUT2D eigenvalue weighted by Crippen LogP contribution is -2.49. The molecule has 2 aliphatic rings. The zero-order chi connectivity index (χ0) is 11.4. The first-order valence-electron chi connectivity index (χ1n) is 6.44. The zero-order valence-electron chi connectivity index (χ0n) is 11.1. The molecule has 1 saturated heterocycles. The minimum absolute atomic E-state index is 0. The Bertz CT molecular complexity index is 241. The van der Waals surface area contributed by atoms with E-state index in [1.54, 1.807) is 0 Å². The quantitative estimate of drug-likeness (QED) is 0.822. The lowest BCUT2D eigenvalue weighted by atomic mass is 10.2. The molecule has 0 radical (unpaired) electrons. The van der Waals surface area contributed by atoms with Gasteiger partial charge in [0.2, 0.25) is 5.91 Å². The van der Waals surface area contributed by atoms with Gasteiger partial charge in [-0.3, -0.25) is 9.69 Å². The standard InChI is InChI=1S/C12H23N3O.2ClH/c1-13-5-4-12(16)15-8-6-14(7-9-15)10-11-2-3-11;;/h11,13H,2-10H2,1H3;2*1H. The van der Waals surface area contributed by atoms with Gasteiger partial charge >= 0.3 is 0 Å². The lowest BCUT2D eigenvalue weighted by Gasteiger charge is -2.34. The van der Waals surface area contributed by atoms with E-state index in [4.69, 9.17) is 0 Å². The molecule has 0 spiro atoms.